The average Bonchev–Trinajstić information content (AvgIpc) is 3.04. The van der Waals surface area contributed by atoms with Crippen LogP contribution in [0.15, 0.2) is 0 Å². The molecule has 0 aromatic carbocycles. The Morgan fingerprint density at radius 3 is 2.57 bits per heavy atom. The fourth-order valence-corrected chi connectivity index (χ4v) is 1.97. The largest absolute Gasteiger partial charge is 0.316 e. The van der Waals surface area contributed by atoms with Crippen molar-refractivity contribution in [3.63, 3.8) is 0 Å². The lowest BCUT2D eigenvalue weighted by Crippen LogP contribution is -2.26. The molecule has 2 aliphatic carbocycles. The molecule has 2 N–H and O–H groups in total. The van der Waals surface area contributed by atoms with Gasteiger partial charge in [0, 0.05) is 6.04 Å². The highest BCUT2D eigenvalue weighted by Crippen LogP contribution is 2.35. The summed E-state index contributed by atoms with van der Waals surface area (Å²) in [5.41, 5.74) is 0. The Hall–Kier alpha value is -0.0800. The van der Waals surface area contributed by atoms with Crippen molar-refractivity contribution in [3.05, 3.63) is 0 Å². The van der Waals surface area contributed by atoms with Crippen molar-refractivity contribution in [2.45, 2.75) is 45.1 Å². The summed E-state index contributed by atoms with van der Waals surface area (Å²) in [5.74, 6) is 1.96. The Labute approximate surface area is 87.8 Å². The van der Waals surface area contributed by atoms with Crippen molar-refractivity contribution in [3.8, 4) is 0 Å². The first kappa shape index (κ1) is 10.4. The summed E-state index contributed by atoms with van der Waals surface area (Å²) in [6.07, 6.45) is 7.06. The molecule has 2 saturated carbocycles. The molecule has 0 aromatic heterocycles. The maximum Gasteiger partial charge on any atom is 0.00682 e. The predicted molar refractivity (Wildman–Crippen MR) is 60.4 cm³/mol. The van der Waals surface area contributed by atoms with E-state index < -0.39 is 0 Å². The third-order valence-electron chi connectivity index (χ3n) is 3.43. The van der Waals surface area contributed by atoms with E-state index in [1.54, 1.807) is 0 Å². The second-order valence-corrected chi connectivity index (χ2v) is 5.10. The molecule has 0 aromatic rings. The SMILES string of the molecule is CC(CNCCCNC1CC1)C1CC1. The van der Waals surface area contributed by atoms with Crippen LogP contribution in [0.2, 0.25) is 0 Å². The van der Waals surface area contributed by atoms with Crippen LogP contribution in [-0.2, 0) is 0 Å². The van der Waals surface area contributed by atoms with Crippen molar-refractivity contribution in [2.75, 3.05) is 19.6 Å². The van der Waals surface area contributed by atoms with Crippen molar-refractivity contribution in [1.82, 2.24) is 10.6 Å². The summed E-state index contributed by atoms with van der Waals surface area (Å²) in [6.45, 7) is 6.01. The van der Waals surface area contributed by atoms with Gasteiger partial charge in [-0.2, -0.15) is 0 Å². The van der Waals surface area contributed by atoms with Gasteiger partial charge in [-0.15, -0.1) is 0 Å². The molecule has 2 fully saturated rings. The van der Waals surface area contributed by atoms with Gasteiger partial charge < -0.3 is 10.6 Å². The normalized spacial score (nSPS) is 23.8. The van der Waals surface area contributed by atoms with Crippen LogP contribution in [0.3, 0.4) is 0 Å². The zero-order valence-corrected chi connectivity index (χ0v) is 9.39. The van der Waals surface area contributed by atoms with Crippen LogP contribution in [0.1, 0.15) is 39.0 Å². The number of rotatable bonds is 8. The molecule has 2 rings (SSSR count). The summed E-state index contributed by atoms with van der Waals surface area (Å²) >= 11 is 0. The molecule has 2 nitrogen and oxygen atoms in total. The van der Waals surface area contributed by atoms with Gasteiger partial charge in [0.1, 0.15) is 0 Å². The van der Waals surface area contributed by atoms with E-state index in [-0.39, 0.29) is 0 Å². The molecular formula is C12H24N2. The summed E-state index contributed by atoms with van der Waals surface area (Å²) in [4.78, 5) is 0. The van der Waals surface area contributed by atoms with E-state index in [2.05, 4.69) is 17.6 Å². The monoisotopic (exact) mass is 196 g/mol. The van der Waals surface area contributed by atoms with E-state index in [9.17, 15) is 0 Å². The fraction of sp³-hybridized carbons (Fsp3) is 1.00. The van der Waals surface area contributed by atoms with Gasteiger partial charge >= 0.3 is 0 Å². The molecule has 14 heavy (non-hydrogen) atoms. The third-order valence-corrected chi connectivity index (χ3v) is 3.43. The van der Waals surface area contributed by atoms with E-state index in [1.807, 2.05) is 0 Å². The first-order valence-electron chi connectivity index (χ1n) is 6.30. The van der Waals surface area contributed by atoms with E-state index in [0.29, 0.717) is 0 Å². The number of hydrogen-bond donors (Lipinski definition) is 2. The van der Waals surface area contributed by atoms with Crippen LogP contribution in [0.5, 0.6) is 0 Å². The Kier molecular flexibility index (Phi) is 3.82. The third kappa shape index (κ3) is 3.97. The molecule has 2 aliphatic rings. The average molecular weight is 196 g/mol. The van der Waals surface area contributed by atoms with E-state index in [0.717, 1.165) is 17.9 Å². The lowest BCUT2D eigenvalue weighted by Gasteiger charge is -2.11. The minimum absolute atomic E-state index is 0.875. The zero-order valence-electron chi connectivity index (χ0n) is 9.39. The molecule has 82 valence electrons. The molecule has 1 atom stereocenters. The van der Waals surface area contributed by atoms with Crippen molar-refractivity contribution >= 4 is 0 Å². The van der Waals surface area contributed by atoms with E-state index >= 15 is 0 Å². The fourth-order valence-electron chi connectivity index (χ4n) is 1.97. The summed E-state index contributed by atoms with van der Waals surface area (Å²) in [6, 6.07) is 0.875. The first-order valence-corrected chi connectivity index (χ1v) is 6.30. The van der Waals surface area contributed by atoms with Crippen LogP contribution >= 0.6 is 0 Å². The van der Waals surface area contributed by atoms with Gasteiger partial charge in [0.25, 0.3) is 0 Å². The van der Waals surface area contributed by atoms with Crippen LogP contribution in [0.4, 0.5) is 0 Å². The van der Waals surface area contributed by atoms with E-state index in [1.165, 1.54) is 51.7 Å². The van der Waals surface area contributed by atoms with Gasteiger partial charge in [-0.05, 0) is 63.6 Å². The van der Waals surface area contributed by atoms with Crippen molar-refractivity contribution in [2.24, 2.45) is 11.8 Å². The van der Waals surface area contributed by atoms with Crippen LogP contribution in [0, 0.1) is 11.8 Å². The highest BCUT2D eigenvalue weighted by atomic mass is 14.9. The topological polar surface area (TPSA) is 24.1 Å². The van der Waals surface area contributed by atoms with Gasteiger partial charge in [0.15, 0.2) is 0 Å². The molecule has 0 saturated heterocycles. The van der Waals surface area contributed by atoms with Gasteiger partial charge in [-0.3, -0.25) is 0 Å². The van der Waals surface area contributed by atoms with Gasteiger partial charge in [0.2, 0.25) is 0 Å². The summed E-state index contributed by atoms with van der Waals surface area (Å²) < 4.78 is 0. The van der Waals surface area contributed by atoms with E-state index in [4.69, 9.17) is 0 Å². The molecule has 0 radical (unpaired) electrons. The Morgan fingerprint density at radius 2 is 1.93 bits per heavy atom. The van der Waals surface area contributed by atoms with Crippen molar-refractivity contribution < 1.29 is 0 Å². The van der Waals surface area contributed by atoms with Crippen LogP contribution < -0.4 is 10.6 Å². The summed E-state index contributed by atoms with van der Waals surface area (Å²) in [7, 11) is 0. The molecule has 0 heterocycles. The maximum absolute atomic E-state index is 3.56. The Morgan fingerprint density at radius 1 is 1.14 bits per heavy atom. The van der Waals surface area contributed by atoms with Crippen molar-refractivity contribution in [1.29, 1.82) is 0 Å². The lowest BCUT2D eigenvalue weighted by molar-refractivity contribution is 0.456. The quantitative estimate of drug-likeness (QED) is 0.578. The lowest BCUT2D eigenvalue weighted by atomic mass is 10.1. The van der Waals surface area contributed by atoms with Gasteiger partial charge in [-0.1, -0.05) is 6.92 Å². The minimum Gasteiger partial charge on any atom is -0.316 e. The molecule has 0 spiro atoms. The molecule has 2 heteroatoms. The maximum atomic E-state index is 3.56. The van der Waals surface area contributed by atoms with Gasteiger partial charge in [0.05, 0.1) is 0 Å². The smallest absolute Gasteiger partial charge is 0.00682 e. The zero-order chi connectivity index (χ0) is 9.80. The molecule has 0 bridgehead atoms. The molecule has 0 amide bonds. The highest BCUT2D eigenvalue weighted by molar-refractivity contribution is 4.81. The Bertz CT molecular complexity index is 162. The number of hydrogen-bond acceptors (Lipinski definition) is 2. The second kappa shape index (κ2) is 5.13. The summed E-state index contributed by atoms with van der Waals surface area (Å²) in [5, 5.41) is 7.10. The highest BCUT2D eigenvalue weighted by Gasteiger charge is 2.27. The first-order chi connectivity index (χ1) is 6.86. The Balaban J connectivity index is 1.35. The van der Waals surface area contributed by atoms with Gasteiger partial charge in [-0.25, -0.2) is 0 Å². The second-order valence-electron chi connectivity index (χ2n) is 5.10. The number of nitrogens with one attached hydrogen (secondary N) is 2. The molecule has 1 unspecified atom stereocenters. The molecular weight excluding hydrogens is 172 g/mol. The minimum atomic E-state index is 0.875. The predicted octanol–water partition coefficient (Wildman–Crippen LogP) is 1.76. The van der Waals surface area contributed by atoms with Crippen LogP contribution in [-0.4, -0.2) is 25.7 Å². The molecule has 0 aliphatic heterocycles. The van der Waals surface area contributed by atoms with Crippen LogP contribution in [0.25, 0.3) is 0 Å². The standard InChI is InChI=1S/C12H24N2/c1-10(11-3-4-11)9-13-7-2-8-14-12-5-6-12/h10-14H,2-9H2,1H3.